The Morgan fingerprint density at radius 1 is 1.38 bits per heavy atom. The lowest BCUT2D eigenvalue weighted by Gasteiger charge is -2.20. The van der Waals surface area contributed by atoms with Crippen LogP contribution in [0.4, 0.5) is 10.1 Å². The number of aromatic amines is 1. The standard InChI is InChI=1S/C19H14FN7OS/c20-12-5-13(6-12)27-9-15(17(26-27)14-3-1-2-4-21-14)24-18(28)16-10-29-19(25-16)11-7-22-23-8-11/h1-5,7-10,13H,6H2,(H,22,23)(H,24,28). The Hall–Kier alpha value is -3.66. The molecule has 0 radical (unpaired) electrons. The van der Waals surface area contributed by atoms with E-state index < -0.39 is 0 Å². The molecule has 1 amide bonds. The van der Waals surface area contributed by atoms with Gasteiger partial charge in [0.2, 0.25) is 0 Å². The highest BCUT2D eigenvalue weighted by molar-refractivity contribution is 7.13. The summed E-state index contributed by atoms with van der Waals surface area (Å²) in [6, 6.07) is 5.28. The molecule has 0 fully saturated rings. The van der Waals surface area contributed by atoms with Crippen molar-refractivity contribution in [2.75, 3.05) is 5.32 Å². The monoisotopic (exact) mass is 407 g/mol. The van der Waals surface area contributed by atoms with Gasteiger partial charge < -0.3 is 5.32 Å². The van der Waals surface area contributed by atoms with Gasteiger partial charge in [-0.2, -0.15) is 10.2 Å². The van der Waals surface area contributed by atoms with Gasteiger partial charge in [-0.15, -0.1) is 11.3 Å². The number of thiazole rings is 1. The van der Waals surface area contributed by atoms with Crippen LogP contribution >= 0.6 is 11.3 Å². The Labute approximate surface area is 168 Å². The molecule has 144 valence electrons. The molecule has 0 saturated heterocycles. The van der Waals surface area contributed by atoms with E-state index in [2.05, 4.69) is 30.6 Å². The fourth-order valence-electron chi connectivity index (χ4n) is 2.95. The van der Waals surface area contributed by atoms with Gasteiger partial charge in [-0.05, 0) is 18.2 Å². The van der Waals surface area contributed by atoms with Crippen LogP contribution in [-0.4, -0.2) is 35.9 Å². The summed E-state index contributed by atoms with van der Waals surface area (Å²) in [5.74, 6) is -0.521. The zero-order chi connectivity index (χ0) is 19.8. The van der Waals surface area contributed by atoms with E-state index in [1.807, 2.05) is 6.07 Å². The zero-order valence-electron chi connectivity index (χ0n) is 14.9. The number of carbonyl (C=O) groups is 1. The van der Waals surface area contributed by atoms with Crippen molar-refractivity contribution in [2.24, 2.45) is 0 Å². The summed E-state index contributed by atoms with van der Waals surface area (Å²) in [5, 5.41) is 16.4. The van der Waals surface area contributed by atoms with E-state index in [0.717, 1.165) is 5.56 Å². The fourth-order valence-corrected chi connectivity index (χ4v) is 3.74. The van der Waals surface area contributed by atoms with Crippen LogP contribution in [0.5, 0.6) is 0 Å². The second kappa shape index (κ2) is 7.06. The predicted molar refractivity (Wildman–Crippen MR) is 106 cm³/mol. The maximum Gasteiger partial charge on any atom is 0.275 e. The summed E-state index contributed by atoms with van der Waals surface area (Å²) >= 11 is 1.36. The van der Waals surface area contributed by atoms with Crippen molar-refractivity contribution in [3.05, 3.63) is 66.0 Å². The molecule has 5 rings (SSSR count). The molecule has 0 bridgehead atoms. The molecule has 1 unspecified atom stereocenters. The van der Waals surface area contributed by atoms with Crippen LogP contribution in [0.15, 0.2) is 60.3 Å². The highest BCUT2D eigenvalue weighted by Gasteiger charge is 2.25. The van der Waals surface area contributed by atoms with Gasteiger partial charge in [-0.3, -0.25) is 19.6 Å². The number of nitrogens with one attached hydrogen (secondary N) is 2. The minimum absolute atomic E-state index is 0.162. The lowest BCUT2D eigenvalue weighted by molar-refractivity contribution is 0.102. The molecule has 29 heavy (non-hydrogen) atoms. The Balaban J connectivity index is 1.45. The van der Waals surface area contributed by atoms with E-state index >= 15 is 0 Å². The third-order valence-corrected chi connectivity index (χ3v) is 5.38. The first-order chi connectivity index (χ1) is 14.2. The molecule has 8 nitrogen and oxygen atoms in total. The lowest BCUT2D eigenvalue weighted by atomic mass is 10.0. The van der Waals surface area contributed by atoms with E-state index in [1.165, 1.54) is 17.4 Å². The van der Waals surface area contributed by atoms with Crippen LogP contribution in [0.1, 0.15) is 23.0 Å². The van der Waals surface area contributed by atoms with Crippen LogP contribution in [-0.2, 0) is 0 Å². The predicted octanol–water partition coefficient (Wildman–Crippen LogP) is 3.84. The number of aromatic nitrogens is 6. The molecule has 0 aliphatic heterocycles. The summed E-state index contributed by atoms with van der Waals surface area (Å²) in [5.41, 5.74) is 2.73. The molecule has 2 N–H and O–H groups in total. The van der Waals surface area contributed by atoms with Crippen LogP contribution in [0, 0.1) is 0 Å². The molecular formula is C19H14FN7OS. The van der Waals surface area contributed by atoms with E-state index in [1.54, 1.807) is 47.0 Å². The second-order valence-corrected chi connectivity index (χ2v) is 7.31. The van der Waals surface area contributed by atoms with Gasteiger partial charge >= 0.3 is 0 Å². The van der Waals surface area contributed by atoms with Gasteiger partial charge in [0.1, 0.15) is 22.2 Å². The molecule has 10 heteroatoms. The Morgan fingerprint density at radius 3 is 3.00 bits per heavy atom. The van der Waals surface area contributed by atoms with Gasteiger partial charge in [-0.1, -0.05) is 6.07 Å². The molecule has 1 atom stereocenters. The maximum atomic E-state index is 13.2. The number of rotatable bonds is 5. The number of hydrogen-bond donors (Lipinski definition) is 2. The Morgan fingerprint density at radius 2 is 2.28 bits per heavy atom. The summed E-state index contributed by atoms with van der Waals surface area (Å²) in [4.78, 5) is 21.5. The summed E-state index contributed by atoms with van der Waals surface area (Å²) in [6.45, 7) is 0. The topological polar surface area (TPSA) is 101 Å². The summed E-state index contributed by atoms with van der Waals surface area (Å²) in [7, 11) is 0. The lowest BCUT2D eigenvalue weighted by Crippen LogP contribution is -2.15. The number of allylic oxidation sites excluding steroid dienone is 2. The second-order valence-electron chi connectivity index (χ2n) is 6.45. The molecule has 1 aliphatic carbocycles. The minimum Gasteiger partial charge on any atom is -0.317 e. The van der Waals surface area contributed by atoms with E-state index in [9.17, 15) is 9.18 Å². The number of nitrogens with zero attached hydrogens (tertiary/aromatic N) is 5. The van der Waals surface area contributed by atoms with Crippen LogP contribution in [0.3, 0.4) is 0 Å². The Bertz CT molecular complexity index is 1200. The number of pyridine rings is 1. The van der Waals surface area contributed by atoms with Gasteiger partial charge in [0.25, 0.3) is 5.91 Å². The minimum atomic E-state index is -0.358. The first-order valence-corrected chi connectivity index (χ1v) is 9.68. The first-order valence-electron chi connectivity index (χ1n) is 8.80. The Kier molecular flexibility index (Phi) is 4.24. The first kappa shape index (κ1) is 17.4. The third-order valence-electron chi connectivity index (χ3n) is 4.49. The average molecular weight is 407 g/mol. The van der Waals surface area contributed by atoms with Crippen molar-refractivity contribution in [1.29, 1.82) is 0 Å². The number of anilines is 1. The number of H-pyrrole nitrogens is 1. The molecule has 4 heterocycles. The van der Waals surface area contributed by atoms with Crippen molar-refractivity contribution in [1.82, 2.24) is 29.9 Å². The van der Waals surface area contributed by atoms with Gasteiger partial charge in [-0.25, -0.2) is 9.37 Å². The van der Waals surface area contributed by atoms with Crippen molar-refractivity contribution in [2.45, 2.75) is 12.5 Å². The van der Waals surface area contributed by atoms with E-state index in [-0.39, 0.29) is 24.2 Å². The smallest absolute Gasteiger partial charge is 0.275 e. The SMILES string of the molecule is O=C(Nc1cn(C2C=C(F)C2)nc1-c1ccccn1)c1csc(-c2cn[nH]c2)n1. The van der Waals surface area contributed by atoms with Crippen LogP contribution < -0.4 is 5.32 Å². The largest absolute Gasteiger partial charge is 0.317 e. The molecule has 0 spiro atoms. The molecule has 1 aliphatic rings. The van der Waals surface area contributed by atoms with Crippen LogP contribution in [0.2, 0.25) is 0 Å². The summed E-state index contributed by atoms with van der Waals surface area (Å²) in [6.07, 6.45) is 8.50. The third kappa shape index (κ3) is 3.34. The zero-order valence-corrected chi connectivity index (χ0v) is 15.7. The molecule has 4 aromatic rings. The average Bonchev–Trinajstić information content (AvgIpc) is 3.45. The van der Waals surface area contributed by atoms with Gasteiger partial charge in [0, 0.05) is 36.0 Å². The molecular weight excluding hydrogens is 393 g/mol. The number of amides is 1. The van der Waals surface area contributed by atoms with Crippen molar-refractivity contribution in [3.63, 3.8) is 0 Å². The normalized spacial score (nSPS) is 15.6. The van der Waals surface area contributed by atoms with Crippen molar-refractivity contribution < 1.29 is 9.18 Å². The van der Waals surface area contributed by atoms with Crippen molar-refractivity contribution >= 4 is 22.9 Å². The van der Waals surface area contributed by atoms with E-state index in [0.29, 0.717) is 27.8 Å². The van der Waals surface area contributed by atoms with Crippen molar-refractivity contribution in [3.8, 4) is 22.0 Å². The quantitative estimate of drug-likeness (QED) is 0.523. The number of carbonyl (C=O) groups excluding carboxylic acids is 1. The maximum absolute atomic E-state index is 13.2. The van der Waals surface area contributed by atoms with Gasteiger partial charge in [0.15, 0.2) is 0 Å². The molecule has 0 aromatic carbocycles. The van der Waals surface area contributed by atoms with Gasteiger partial charge in [0.05, 0.1) is 23.6 Å². The highest BCUT2D eigenvalue weighted by Crippen LogP contribution is 2.34. The van der Waals surface area contributed by atoms with Crippen LogP contribution in [0.25, 0.3) is 22.0 Å². The highest BCUT2D eigenvalue weighted by atomic mass is 32.1. The molecule has 4 aromatic heterocycles. The fraction of sp³-hybridized carbons (Fsp3) is 0.105. The number of halogens is 1. The van der Waals surface area contributed by atoms with E-state index in [4.69, 9.17) is 0 Å². The number of hydrogen-bond acceptors (Lipinski definition) is 6. The summed E-state index contributed by atoms with van der Waals surface area (Å²) < 4.78 is 14.8. The molecule has 0 saturated carbocycles.